The summed E-state index contributed by atoms with van der Waals surface area (Å²) in [6.07, 6.45) is 2.18. The summed E-state index contributed by atoms with van der Waals surface area (Å²) in [5.74, 6) is 0.359. The van der Waals surface area contributed by atoms with E-state index >= 15 is 0 Å². The Morgan fingerprint density at radius 2 is 1.93 bits per heavy atom. The van der Waals surface area contributed by atoms with Gasteiger partial charge in [0.25, 0.3) is 10.0 Å². The number of nitrogens with one attached hydrogen (secondary N) is 1. The van der Waals surface area contributed by atoms with Gasteiger partial charge in [0, 0.05) is 23.0 Å². The minimum absolute atomic E-state index is 0.0453. The lowest BCUT2D eigenvalue weighted by Gasteiger charge is -2.25. The highest BCUT2D eigenvalue weighted by atomic mass is 79.9. The molecular weight excluding hydrogens is 442 g/mol. The fraction of sp³-hybridized carbons (Fsp3) is 0.300. The summed E-state index contributed by atoms with van der Waals surface area (Å²) < 4.78 is 27.7. The van der Waals surface area contributed by atoms with Crippen LogP contribution in [0.3, 0.4) is 0 Å². The molecule has 1 unspecified atom stereocenters. The maximum absolute atomic E-state index is 12.8. The predicted molar refractivity (Wildman–Crippen MR) is 111 cm³/mol. The number of amidine groups is 1. The van der Waals surface area contributed by atoms with E-state index in [0.717, 1.165) is 29.4 Å². The highest BCUT2D eigenvalue weighted by Gasteiger charge is 2.31. The van der Waals surface area contributed by atoms with Gasteiger partial charge in [-0.15, -0.1) is 0 Å². The molecule has 146 valence electrons. The lowest BCUT2D eigenvalue weighted by atomic mass is 10.0. The van der Waals surface area contributed by atoms with Crippen LogP contribution in [-0.4, -0.2) is 38.2 Å². The first-order valence-electron chi connectivity index (χ1n) is 9.17. The van der Waals surface area contributed by atoms with Crippen molar-refractivity contribution in [3.63, 3.8) is 0 Å². The number of rotatable bonds is 4. The molecule has 0 saturated carbocycles. The van der Waals surface area contributed by atoms with Crippen LogP contribution in [0.25, 0.3) is 0 Å². The predicted octanol–water partition coefficient (Wildman–Crippen LogP) is 3.24. The van der Waals surface area contributed by atoms with Crippen LogP contribution in [0.2, 0.25) is 0 Å². The van der Waals surface area contributed by atoms with E-state index in [4.69, 9.17) is 0 Å². The molecule has 2 aliphatic rings. The van der Waals surface area contributed by atoms with Gasteiger partial charge in [-0.3, -0.25) is 14.5 Å². The summed E-state index contributed by atoms with van der Waals surface area (Å²) in [6, 6.07) is 14.9. The van der Waals surface area contributed by atoms with Gasteiger partial charge in [0.1, 0.15) is 5.84 Å². The van der Waals surface area contributed by atoms with E-state index in [1.54, 1.807) is 24.3 Å². The number of amides is 1. The van der Waals surface area contributed by atoms with Gasteiger partial charge in [-0.2, -0.15) is 0 Å². The van der Waals surface area contributed by atoms with Gasteiger partial charge in [-0.05, 0) is 42.7 Å². The van der Waals surface area contributed by atoms with E-state index < -0.39 is 10.0 Å². The van der Waals surface area contributed by atoms with Crippen LogP contribution in [0.1, 0.15) is 36.4 Å². The molecule has 2 aromatic rings. The van der Waals surface area contributed by atoms with Gasteiger partial charge in [0.15, 0.2) is 0 Å². The Labute approximate surface area is 172 Å². The van der Waals surface area contributed by atoms with Gasteiger partial charge in [0.05, 0.1) is 17.5 Å². The number of hydrogen-bond acceptors (Lipinski definition) is 4. The number of fused-ring (bicyclic) bond motifs is 1. The normalized spacial score (nSPS) is 21.5. The van der Waals surface area contributed by atoms with Gasteiger partial charge in [0.2, 0.25) is 5.91 Å². The summed E-state index contributed by atoms with van der Waals surface area (Å²) in [5.41, 5.74) is 1.70. The average Bonchev–Trinajstić information content (AvgIpc) is 3.26. The molecule has 2 aromatic carbocycles. The van der Waals surface area contributed by atoms with Crippen LogP contribution in [0.15, 0.2) is 62.9 Å². The molecule has 2 heterocycles. The number of benzene rings is 2. The Balaban J connectivity index is 1.43. The van der Waals surface area contributed by atoms with Crippen molar-refractivity contribution >= 4 is 37.7 Å². The second-order valence-electron chi connectivity index (χ2n) is 6.88. The highest BCUT2D eigenvalue weighted by molar-refractivity contribution is 9.10. The minimum atomic E-state index is -3.55. The molecule has 4 rings (SSSR count). The Morgan fingerprint density at radius 3 is 2.71 bits per heavy atom. The van der Waals surface area contributed by atoms with Crippen LogP contribution in [-0.2, 0) is 14.8 Å². The van der Waals surface area contributed by atoms with Crippen molar-refractivity contribution in [2.24, 2.45) is 4.99 Å². The summed E-state index contributed by atoms with van der Waals surface area (Å²) in [5, 5.41) is 0. The number of carbonyl (C=O) groups is 1. The number of halogens is 1. The molecule has 0 spiro atoms. The largest absolute Gasteiger partial charge is 0.336 e. The fourth-order valence-corrected chi connectivity index (χ4v) is 5.27. The third-order valence-electron chi connectivity index (χ3n) is 5.09. The zero-order valence-corrected chi connectivity index (χ0v) is 17.5. The summed E-state index contributed by atoms with van der Waals surface area (Å²) in [4.78, 5) is 19.2. The first kappa shape index (κ1) is 19.1. The molecule has 1 saturated heterocycles. The number of sulfonamides is 1. The topological polar surface area (TPSA) is 78.8 Å². The Kier molecular flexibility index (Phi) is 5.25. The Hall–Kier alpha value is -2.19. The van der Waals surface area contributed by atoms with E-state index in [1.165, 1.54) is 0 Å². The molecule has 8 heteroatoms. The Morgan fingerprint density at radius 1 is 1.18 bits per heavy atom. The molecule has 2 aliphatic heterocycles. The third-order valence-corrected chi connectivity index (χ3v) is 7.01. The molecule has 6 nitrogen and oxygen atoms in total. The van der Waals surface area contributed by atoms with Crippen molar-refractivity contribution in [2.75, 3.05) is 13.1 Å². The van der Waals surface area contributed by atoms with E-state index in [9.17, 15) is 13.2 Å². The smallest absolute Gasteiger partial charge is 0.263 e. The molecule has 0 aromatic heterocycles. The van der Waals surface area contributed by atoms with Crippen molar-refractivity contribution in [3.8, 4) is 0 Å². The average molecular weight is 462 g/mol. The number of hydrogen-bond donors (Lipinski definition) is 1. The van der Waals surface area contributed by atoms with Gasteiger partial charge < -0.3 is 4.90 Å². The second-order valence-corrected chi connectivity index (χ2v) is 9.45. The number of likely N-dealkylation sites (tertiary alicyclic amines) is 1. The van der Waals surface area contributed by atoms with E-state index in [0.29, 0.717) is 11.4 Å². The summed E-state index contributed by atoms with van der Waals surface area (Å²) >= 11 is 3.44. The monoisotopic (exact) mass is 461 g/mol. The molecule has 1 fully saturated rings. The quantitative estimate of drug-likeness (QED) is 0.758. The molecule has 0 bridgehead atoms. The first-order valence-corrected chi connectivity index (χ1v) is 11.4. The molecule has 0 radical (unpaired) electrons. The standard InChI is InChI=1S/C20H20BrN3O3S/c21-15-9-7-14(8-10-15)17-5-3-13-24(17)19(25)11-12-22-20-16-4-1-2-6-18(16)28(26,27)23-20/h1-2,4,6-10,17H,3,5,11-13H2,(H,22,23). The number of carbonyl (C=O) groups excluding carboxylic acids is 1. The minimum Gasteiger partial charge on any atom is -0.336 e. The highest BCUT2D eigenvalue weighted by Crippen LogP contribution is 2.33. The van der Waals surface area contributed by atoms with E-state index in [2.05, 4.69) is 25.6 Å². The van der Waals surface area contributed by atoms with Crippen molar-refractivity contribution in [3.05, 3.63) is 64.1 Å². The van der Waals surface area contributed by atoms with Crippen LogP contribution >= 0.6 is 15.9 Å². The summed E-state index contributed by atoms with van der Waals surface area (Å²) in [6.45, 7) is 0.986. The van der Waals surface area contributed by atoms with Gasteiger partial charge >= 0.3 is 0 Å². The second kappa shape index (κ2) is 7.67. The van der Waals surface area contributed by atoms with Crippen LogP contribution in [0.4, 0.5) is 0 Å². The van der Waals surface area contributed by atoms with Crippen LogP contribution in [0.5, 0.6) is 0 Å². The molecule has 1 N–H and O–H groups in total. The Bertz CT molecular complexity index is 1030. The van der Waals surface area contributed by atoms with Crippen molar-refractivity contribution in [2.45, 2.75) is 30.2 Å². The SMILES string of the molecule is O=C(CCN=C1NS(=O)(=O)c2ccccc21)N1CCCC1c1ccc(Br)cc1. The van der Waals surface area contributed by atoms with Crippen molar-refractivity contribution < 1.29 is 13.2 Å². The fourth-order valence-electron chi connectivity index (χ4n) is 3.75. The zero-order chi connectivity index (χ0) is 19.7. The lowest BCUT2D eigenvalue weighted by Crippen LogP contribution is -2.31. The maximum Gasteiger partial charge on any atom is 0.263 e. The third kappa shape index (κ3) is 3.71. The summed E-state index contributed by atoms with van der Waals surface area (Å²) in [7, 11) is -3.55. The molecule has 1 atom stereocenters. The lowest BCUT2D eigenvalue weighted by molar-refractivity contribution is -0.131. The first-order chi connectivity index (χ1) is 13.5. The van der Waals surface area contributed by atoms with Crippen molar-refractivity contribution in [1.29, 1.82) is 0 Å². The molecule has 28 heavy (non-hydrogen) atoms. The van der Waals surface area contributed by atoms with Crippen LogP contribution < -0.4 is 4.72 Å². The van der Waals surface area contributed by atoms with E-state index in [-0.39, 0.29) is 29.8 Å². The molecule has 0 aliphatic carbocycles. The number of nitrogens with zero attached hydrogens (tertiary/aromatic N) is 2. The van der Waals surface area contributed by atoms with Crippen molar-refractivity contribution in [1.82, 2.24) is 9.62 Å². The van der Waals surface area contributed by atoms with Crippen LogP contribution in [0, 0.1) is 0 Å². The van der Waals surface area contributed by atoms with Gasteiger partial charge in [-0.25, -0.2) is 8.42 Å². The maximum atomic E-state index is 12.8. The number of aliphatic imine (C=N–C) groups is 1. The van der Waals surface area contributed by atoms with E-state index in [1.807, 2.05) is 29.2 Å². The molecule has 1 amide bonds. The molecular formula is C20H20BrN3O3S. The zero-order valence-electron chi connectivity index (χ0n) is 15.1. The van der Waals surface area contributed by atoms with Gasteiger partial charge in [-0.1, -0.05) is 40.2 Å².